The van der Waals surface area contributed by atoms with Gasteiger partial charge in [0.25, 0.3) is 0 Å². The van der Waals surface area contributed by atoms with E-state index in [4.69, 9.17) is 11.6 Å². The Balaban J connectivity index is 1.36. The van der Waals surface area contributed by atoms with Crippen LogP contribution in [0, 0.1) is 0 Å². The lowest BCUT2D eigenvalue weighted by Crippen LogP contribution is -2.28. The maximum Gasteiger partial charge on any atom is 0.0714 e. The number of nitrogens with zero attached hydrogens (tertiary/aromatic N) is 1. The van der Waals surface area contributed by atoms with E-state index in [1.54, 1.807) is 0 Å². The quantitative estimate of drug-likeness (QED) is 0.174. The second-order valence-electron chi connectivity index (χ2n) is 12.6. The summed E-state index contributed by atoms with van der Waals surface area (Å²) in [5.74, 6) is 0. The molecule has 0 atom stereocenters. The number of para-hydroxylation sites is 2. The third kappa shape index (κ3) is 4.70. The van der Waals surface area contributed by atoms with Crippen LogP contribution in [0.3, 0.4) is 0 Å². The van der Waals surface area contributed by atoms with Gasteiger partial charge in [0, 0.05) is 22.1 Å². The van der Waals surface area contributed by atoms with Gasteiger partial charge in [0.05, 0.1) is 5.41 Å². The molecule has 2 heteroatoms. The highest BCUT2D eigenvalue weighted by atomic mass is 35.5. The lowest BCUT2D eigenvalue weighted by molar-refractivity contribution is 0.769. The molecule has 0 N–H and O–H groups in total. The summed E-state index contributed by atoms with van der Waals surface area (Å²) >= 11 is 7.08. The van der Waals surface area contributed by atoms with Crippen molar-refractivity contribution in [3.8, 4) is 22.3 Å². The van der Waals surface area contributed by atoms with Gasteiger partial charge in [0.2, 0.25) is 0 Å². The average Bonchev–Trinajstić information content (AvgIpc) is 3.47. The van der Waals surface area contributed by atoms with E-state index < -0.39 is 5.41 Å². The zero-order valence-electron chi connectivity index (χ0n) is 26.8. The third-order valence-electron chi connectivity index (χ3n) is 9.94. The lowest BCUT2D eigenvalue weighted by Gasteiger charge is -2.34. The van der Waals surface area contributed by atoms with Crippen LogP contribution in [0.1, 0.15) is 22.3 Å². The van der Waals surface area contributed by atoms with Gasteiger partial charge >= 0.3 is 0 Å². The normalized spacial score (nSPS) is 12.8. The predicted octanol–water partition coefficient (Wildman–Crippen LogP) is 13.0. The second-order valence-corrected chi connectivity index (χ2v) is 13.1. The molecule has 8 aromatic rings. The molecule has 232 valence electrons. The molecular formula is C47H32ClN. The summed E-state index contributed by atoms with van der Waals surface area (Å²) in [4.78, 5) is 2.28. The number of fused-ring (bicyclic) bond motifs is 5. The predicted molar refractivity (Wildman–Crippen MR) is 206 cm³/mol. The Morgan fingerprint density at radius 2 is 0.898 bits per heavy atom. The van der Waals surface area contributed by atoms with Crippen molar-refractivity contribution in [2.24, 2.45) is 0 Å². The van der Waals surface area contributed by atoms with Crippen molar-refractivity contribution in [1.82, 2.24) is 0 Å². The zero-order chi connectivity index (χ0) is 32.8. The first kappa shape index (κ1) is 29.3. The molecule has 0 aliphatic heterocycles. The van der Waals surface area contributed by atoms with E-state index in [0.717, 1.165) is 28.2 Å². The van der Waals surface area contributed by atoms with Gasteiger partial charge in [-0.3, -0.25) is 0 Å². The summed E-state index contributed by atoms with van der Waals surface area (Å²) in [6.07, 6.45) is 0. The molecule has 0 saturated heterocycles. The van der Waals surface area contributed by atoms with Crippen LogP contribution in [0.5, 0.6) is 0 Å². The second kappa shape index (κ2) is 12.0. The number of halogens is 1. The summed E-state index contributed by atoms with van der Waals surface area (Å²) in [6, 6.07) is 69.7. The molecule has 8 aromatic carbocycles. The Hall–Kier alpha value is -5.89. The van der Waals surface area contributed by atoms with Crippen LogP contribution in [-0.4, -0.2) is 0 Å². The number of hydrogen-bond donors (Lipinski definition) is 0. The van der Waals surface area contributed by atoms with Gasteiger partial charge in [-0.2, -0.15) is 0 Å². The van der Waals surface area contributed by atoms with Gasteiger partial charge in [0.1, 0.15) is 0 Å². The van der Waals surface area contributed by atoms with E-state index in [1.807, 2.05) is 0 Å². The van der Waals surface area contributed by atoms with Crippen LogP contribution in [0.4, 0.5) is 17.1 Å². The summed E-state index contributed by atoms with van der Waals surface area (Å²) in [7, 11) is 0. The first-order valence-electron chi connectivity index (χ1n) is 16.7. The first-order valence-corrected chi connectivity index (χ1v) is 17.1. The molecule has 1 aliphatic carbocycles. The highest BCUT2D eigenvalue weighted by Gasteiger charge is 2.47. The van der Waals surface area contributed by atoms with Crippen LogP contribution in [-0.2, 0) is 5.41 Å². The van der Waals surface area contributed by atoms with Gasteiger partial charge in [-0.15, -0.1) is 0 Å². The smallest absolute Gasteiger partial charge is 0.0714 e. The highest BCUT2D eigenvalue weighted by molar-refractivity contribution is 6.31. The molecule has 1 aliphatic rings. The molecule has 0 unspecified atom stereocenters. The number of benzene rings is 8. The molecule has 1 nitrogen and oxygen atoms in total. The molecule has 0 saturated carbocycles. The lowest BCUT2D eigenvalue weighted by atomic mass is 9.67. The molecule has 0 amide bonds. The van der Waals surface area contributed by atoms with E-state index in [-0.39, 0.29) is 0 Å². The van der Waals surface area contributed by atoms with E-state index in [9.17, 15) is 0 Å². The number of rotatable bonds is 6. The van der Waals surface area contributed by atoms with Gasteiger partial charge in [-0.05, 0) is 104 Å². The van der Waals surface area contributed by atoms with E-state index >= 15 is 0 Å². The summed E-state index contributed by atoms with van der Waals surface area (Å²) in [6.45, 7) is 0. The fourth-order valence-corrected chi connectivity index (χ4v) is 8.23. The molecule has 0 aromatic heterocycles. The minimum atomic E-state index is -0.505. The Kier molecular flexibility index (Phi) is 7.15. The monoisotopic (exact) mass is 645 g/mol. The van der Waals surface area contributed by atoms with Crippen molar-refractivity contribution in [1.29, 1.82) is 0 Å². The van der Waals surface area contributed by atoms with Gasteiger partial charge in [0.15, 0.2) is 0 Å². The molecule has 49 heavy (non-hydrogen) atoms. The van der Waals surface area contributed by atoms with Gasteiger partial charge in [-0.1, -0.05) is 157 Å². The Morgan fingerprint density at radius 3 is 1.51 bits per heavy atom. The van der Waals surface area contributed by atoms with Crippen molar-refractivity contribution in [3.63, 3.8) is 0 Å². The first-order chi connectivity index (χ1) is 24.2. The standard InChI is InChI=1S/C47H32ClN/c48-36-29-33(30-39(31-36)49(37-21-9-3-10-22-37)38-23-11-4-12-24-38)43-32-45-46(41-26-14-13-25-40(41)43)42-27-15-16-28-44(42)47(45,34-17-5-1-6-18-34)35-19-7-2-8-20-35/h1-32H. The topological polar surface area (TPSA) is 3.24 Å². The minimum absolute atomic E-state index is 0.505. The summed E-state index contributed by atoms with van der Waals surface area (Å²) in [5, 5.41) is 3.13. The van der Waals surface area contributed by atoms with Crippen molar-refractivity contribution in [3.05, 3.63) is 221 Å². The van der Waals surface area contributed by atoms with Crippen LogP contribution >= 0.6 is 11.6 Å². The Morgan fingerprint density at radius 1 is 0.388 bits per heavy atom. The summed E-state index contributed by atoms with van der Waals surface area (Å²) in [5.41, 5.74) is 12.5. The number of hydrogen-bond acceptors (Lipinski definition) is 1. The average molecular weight is 646 g/mol. The summed E-state index contributed by atoms with van der Waals surface area (Å²) < 4.78 is 0. The number of anilines is 3. The highest BCUT2D eigenvalue weighted by Crippen LogP contribution is 2.59. The molecule has 0 heterocycles. The molecular weight excluding hydrogens is 614 g/mol. The zero-order valence-corrected chi connectivity index (χ0v) is 27.6. The SMILES string of the molecule is Clc1cc(-c2cc3c(c4ccccc24)-c2ccccc2C3(c2ccccc2)c2ccccc2)cc(N(c2ccccc2)c2ccccc2)c1. The van der Waals surface area contributed by atoms with Crippen LogP contribution in [0.2, 0.25) is 5.02 Å². The van der Waals surface area contributed by atoms with Crippen molar-refractivity contribution in [2.45, 2.75) is 5.41 Å². The Labute approximate surface area is 292 Å². The molecule has 0 bridgehead atoms. The molecule has 0 radical (unpaired) electrons. The van der Waals surface area contributed by atoms with Gasteiger partial charge in [-0.25, -0.2) is 0 Å². The van der Waals surface area contributed by atoms with E-state index in [1.165, 1.54) is 44.2 Å². The molecule has 9 rings (SSSR count). The van der Waals surface area contributed by atoms with Crippen LogP contribution in [0.25, 0.3) is 33.0 Å². The van der Waals surface area contributed by atoms with E-state index in [2.05, 4.69) is 199 Å². The largest absolute Gasteiger partial charge is 0.310 e. The Bertz CT molecular complexity index is 2360. The van der Waals surface area contributed by atoms with Crippen LogP contribution < -0.4 is 4.90 Å². The van der Waals surface area contributed by atoms with Gasteiger partial charge < -0.3 is 4.90 Å². The van der Waals surface area contributed by atoms with Crippen LogP contribution in [0.15, 0.2) is 194 Å². The maximum absolute atomic E-state index is 7.08. The van der Waals surface area contributed by atoms with Crippen molar-refractivity contribution < 1.29 is 0 Å². The molecule has 0 spiro atoms. The van der Waals surface area contributed by atoms with E-state index in [0.29, 0.717) is 5.02 Å². The van der Waals surface area contributed by atoms with Crippen molar-refractivity contribution in [2.75, 3.05) is 4.90 Å². The fourth-order valence-electron chi connectivity index (χ4n) is 8.00. The van der Waals surface area contributed by atoms with Crippen molar-refractivity contribution >= 4 is 39.4 Å². The third-order valence-corrected chi connectivity index (χ3v) is 10.2. The molecule has 0 fully saturated rings. The minimum Gasteiger partial charge on any atom is -0.310 e. The fraction of sp³-hybridized carbons (Fsp3) is 0.0213. The maximum atomic E-state index is 7.08.